The number of benzene rings is 1. The number of aromatic hydroxyl groups is 1. The van der Waals surface area contributed by atoms with E-state index in [-0.39, 0.29) is 12.1 Å². The number of anilines is 2. The molecule has 3 rings (SSSR count). The molecule has 0 unspecified atom stereocenters. The highest BCUT2D eigenvalue weighted by Gasteiger charge is 2.23. The number of urea groups is 1. The fraction of sp³-hybridized carbons (Fsp3) is 0.632. The van der Waals surface area contributed by atoms with Gasteiger partial charge in [-0.2, -0.15) is 0 Å². The van der Waals surface area contributed by atoms with Crippen LogP contribution in [0.25, 0.3) is 0 Å². The lowest BCUT2D eigenvalue weighted by Gasteiger charge is -2.37. The van der Waals surface area contributed by atoms with Crippen LogP contribution in [0, 0.1) is 0 Å². The van der Waals surface area contributed by atoms with Crippen LogP contribution >= 0.6 is 0 Å². The largest absolute Gasteiger partial charge is 0.506 e. The van der Waals surface area contributed by atoms with Crippen LogP contribution in [-0.4, -0.2) is 61.3 Å². The molecule has 0 spiro atoms. The molecular weight excluding hydrogens is 316 g/mol. The highest BCUT2D eigenvalue weighted by atomic mass is 16.3. The maximum atomic E-state index is 12.1. The van der Waals surface area contributed by atoms with Crippen molar-refractivity contribution in [2.75, 3.05) is 49.1 Å². The molecule has 0 saturated carbocycles. The van der Waals surface area contributed by atoms with Crippen LogP contribution in [0.4, 0.5) is 16.2 Å². The average Bonchev–Trinajstić information content (AvgIpc) is 2.62. The van der Waals surface area contributed by atoms with Crippen LogP contribution in [0.15, 0.2) is 18.2 Å². The summed E-state index contributed by atoms with van der Waals surface area (Å²) in [6.45, 7) is 8.94. The van der Waals surface area contributed by atoms with Gasteiger partial charge in [-0.15, -0.1) is 0 Å². The van der Waals surface area contributed by atoms with Gasteiger partial charge in [0.2, 0.25) is 0 Å². The molecule has 1 aromatic carbocycles. The first-order chi connectivity index (χ1) is 12.0. The molecule has 0 atom stereocenters. The van der Waals surface area contributed by atoms with E-state index in [0.29, 0.717) is 18.8 Å². The molecule has 2 heterocycles. The van der Waals surface area contributed by atoms with Crippen molar-refractivity contribution >= 4 is 17.4 Å². The monoisotopic (exact) mass is 346 g/mol. The summed E-state index contributed by atoms with van der Waals surface area (Å²) in [5.74, 6) is 0.320. The zero-order valence-electron chi connectivity index (χ0n) is 15.4. The highest BCUT2D eigenvalue weighted by molar-refractivity contribution is 5.75. The maximum absolute atomic E-state index is 12.1. The number of nitrogens with one attached hydrogen (secondary N) is 1. The predicted octanol–water partition coefficient (Wildman–Crippen LogP) is 2.62. The van der Waals surface area contributed by atoms with Crippen molar-refractivity contribution < 1.29 is 9.90 Å². The Kier molecular flexibility index (Phi) is 5.56. The van der Waals surface area contributed by atoms with Crippen LogP contribution in [0.1, 0.15) is 33.1 Å². The summed E-state index contributed by atoms with van der Waals surface area (Å²) in [6, 6.07) is 6.06. The molecule has 2 aliphatic rings. The zero-order valence-corrected chi connectivity index (χ0v) is 15.4. The van der Waals surface area contributed by atoms with Crippen molar-refractivity contribution in [1.82, 2.24) is 10.2 Å². The van der Waals surface area contributed by atoms with Crippen LogP contribution in [0.3, 0.4) is 0 Å². The summed E-state index contributed by atoms with van der Waals surface area (Å²) in [7, 11) is 0. The fourth-order valence-electron chi connectivity index (χ4n) is 3.60. The number of carbonyl (C=O) groups is 1. The lowest BCUT2D eigenvalue weighted by Crippen LogP contribution is -2.53. The van der Waals surface area contributed by atoms with Crippen molar-refractivity contribution in [1.29, 1.82) is 0 Å². The molecule has 25 heavy (non-hydrogen) atoms. The normalized spacial score (nSPS) is 18.6. The molecule has 2 fully saturated rings. The lowest BCUT2D eigenvalue weighted by molar-refractivity contribution is 0.192. The van der Waals surface area contributed by atoms with Gasteiger partial charge in [0.1, 0.15) is 5.75 Å². The third-order valence-electron chi connectivity index (χ3n) is 5.00. The summed E-state index contributed by atoms with van der Waals surface area (Å²) < 4.78 is 0. The Balaban J connectivity index is 1.65. The van der Waals surface area contributed by atoms with Gasteiger partial charge in [0.05, 0.1) is 5.69 Å². The van der Waals surface area contributed by atoms with E-state index in [9.17, 15) is 9.90 Å². The average molecular weight is 346 g/mol. The van der Waals surface area contributed by atoms with Crippen LogP contribution in [0.5, 0.6) is 5.75 Å². The molecule has 0 aromatic heterocycles. The van der Waals surface area contributed by atoms with E-state index in [1.165, 1.54) is 24.9 Å². The van der Waals surface area contributed by atoms with Crippen molar-refractivity contribution in [3.05, 3.63) is 18.2 Å². The lowest BCUT2D eigenvalue weighted by atomic mass is 10.1. The van der Waals surface area contributed by atoms with E-state index in [1.54, 1.807) is 6.07 Å². The molecule has 2 aliphatic heterocycles. The minimum Gasteiger partial charge on any atom is -0.506 e. The van der Waals surface area contributed by atoms with Gasteiger partial charge in [0, 0.05) is 51.0 Å². The first-order valence-corrected chi connectivity index (χ1v) is 9.43. The Bertz CT molecular complexity index is 591. The number of rotatable bonds is 3. The Morgan fingerprint density at radius 1 is 1.00 bits per heavy atom. The number of carbonyl (C=O) groups excluding carboxylic acids is 1. The highest BCUT2D eigenvalue weighted by Crippen LogP contribution is 2.33. The number of hydrogen-bond acceptors (Lipinski definition) is 4. The molecule has 2 amide bonds. The second kappa shape index (κ2) is 7.85. The first kappa shape index (κ1) is 17.7. The Morgan fingerprint density at radius 2 is 1.68 bits per heavy atom. The zero-order chi connectivity index (χ0) is 17.8. The molecule has 0 aliphatic carbocycles. The van der Waals surface area contributed by atoms with Crippen molar-refractivity contribution in [2.24, 2.45) is 0 Å². The molecule has 2 saturated heterocycles. The van der Waals surface area contributed by atoms with Crippen LogP contribution < -0.4 is 15.1 Å². The van der Waals surface area contributed by atoms with E-state index in [1.807, 2.05) is 24.8 Å². The number of piperidine rings is 1. The van der Waals surface area contributed by atoms with E-state index in [2.05, 4.69) is 21.2 Å². The van der Waals surface area contributed by atoms with Gasteiger partial charge in [0.25, 0.3) is 0 Å². The van der Waals surface area contributed by atoms with E-state index < -0.39 is 0 Å². The van der Waals surface area contributed by atoms with E-state index in [4.69, 9.17) is 0 Å². The smallest absolute Gasteiger partial charge is 0.317 e. The Labute approximate surface area is 150 Å². The molecule has 0 bridgehead atoms. The van der Waals surface area contributed by atoms with Gasteiger partial charge in [-0.1, -0.05) is 0 Å². The van der Waals surface area contributed by atoms with Crippen molar-refractivity contribution in [2.45, 2.75) is 39.2 Å². The number of nitrogens with zero attached hydrogens (tertiary/aromatic N) is 3. The van der Waals surface area contributed by atoms with Gasteiger partial charge in [-0.3, -0.25) is 0 Å². The predicted molar refractivity (Wildman–Crippen MR) is 102 cm³/mol. The van der Waals surface area contributed by atoms with Gasteiger partial charge in [0.15, 0.2) is 0 Å². The van der Waals surface area contributed by atoms with Crippen molar-refractivity contribution in [3.63, 3.8) is 0 Å². The molecule has 138 valence electrons. The Morgan fingerprint density at radius 3 is 2.32 bits per heavy atom. The van der Waals surface area contributed by atoms with E-state index in [0.717, 1.165) is 31.9 Å². The number of hydrogen-bond donors (Lipinski definition) is 2. The van der Waals surface area contributed by atoms with Crippen LogP contribution in [-0.2, 0) is 0 Å². The van der Waals surface area contributed by atoms with Crippen LogP contribution in [0.2, 0.25) is 0 Å². The summed E-state index contributed by atoms with van der Waals surface area (Å²) in [5, 5.41) is 13.3. The molecule has 1 aromatic rings. The van der Waals surface area contributed by atoms with Crippen molar-refractivity contribution in [3.8, 4) is 5.75 Å². The van der Waals surface area contributed by atoms with Gasteiger partial charge < -0.3 is 25.1 Å². The summed E-state index contributed by atoms with van der Waals surface area (Å²) in [5.41, 5.74) is 2.07. The summed E-state index contributed by atoms with van der Waals surface area (Å²) in [4.78, 5) is 18.6. The van der Waals surface area contributed by atoms with Gasteiger partial charge in [-0.25, -0.2) is 4.79 Å². The number of phenolic OH excluding ortho intramolecular Hbond substituents is 1. The summed E-state index contributed by atoms with van der Waals surface area (Å²) >= 11 is 0. The quantitative estimate of drug-likeness (QED) is 0.883. The number of amides is 2. The fourth-order valence-corrected chi connectivity index (χ4v) is 3.60. The standard InChI is InChI=1S/C19H30N4O2/c1-15(2)20-19(25)23-12-10-22(11-13-23)17-14-16(6-7-18(17)24)21-8-4-3-5-9-21/h6-7,14-15,24H,3-5,8-13H2,1-2H3,(H,20,25). The summed E-state index contributed by atoms with van der Waals surface area (Å²) in [6.07, 6.45) is 3.78. The van der Waals surface area contributed by atoms with Gasteiger partial charge >= 0.3 is 6.03 Å². The molecule has 6 nitrogen and oxygen atoms in total. The molecule has 6 heteroatoms. The minimum absolute atomic E-state index is 0.000870. The minimum atomic E-state index is 0.000870. The SMILES string of the molecule is CC(C)NC(=O)N1CCN(c2cc(N3CCCCC3)ccc2O)CC1. The Hall–Kier alpha value is -2.11. The third kappa shape index (κ3) is 4.30. The number of piperazine rings is 1. The second-order valence-corrected chi connectivity index (χ2v) is 7.30. The first-order valence-electron chi connectivity index (χ1n) is 9.43. The number of phenols is 1. The molecule has 2 N–H and O–H groups in total. The third-order valence-corrected chi connectivity index (χ3v) is 5.00. The second-order valence-electron chi connectivity index (χ2n) is 7.30. The van der Waals surface area contributed by atoms with E-state index >= 15 is 0 Å². The maximum Gasteiger partial charge on any atom is 0.317 e. The molecule has 0 radical (unpaired) electrons. The van der Waals surface area contributed by atoms with Gasteiger partial charge in [-0.05, 0) is 51.3 Å². The topological polar surface area (TPSA) is 59.1 Å². The molecular formula is C19H30N4O2.